The summed E-state index contributed by atoms with van der Waals surface area (Å²) in [5.41, 5.74) is 14.4. The Morgan fingerprint density at radius 2 is 1.60 bits per heavy atom. The number of allylic oxidation sites excluding steroid dienone is 2. The molecule has 2 saturated carbocycles. The second kappa shape index (κ2) is 19.7. The Balaban J connectivity index is 0.000000220. The van der Waals surface area contributed by atoms with Crippen molar-refractivity contribution in [3.05, 3.63) is 130 Å². The molecule has 2 N–H and O–H groups in total. The molecule has 0 amide bonds. The van der Waals surface area contributed by atoms with Crippen LogP contribution in [0.5, 0.6) is 5.75 Å². The van der Waals surface area contributed by atoms with E-state index in [-0.39, 0.29) is 5.60 Å². The van der Waals surface area contributed by atoms with E-state index in [2.05, 4.69) is 147 Å². The quantitative estimate of drug-likeness (QED) is 0.157. The van der Waals surface area contributed by atoms with Gasteiger partial charge >= 0.3 is 0 Å². The Morgan fingerprint density at radius 1 is 0.880 bits per heavy atom. The van der Waals surface area contributed by atoms with Crippen LogP contribution in [-0.4, -0.2) is 19.6 Å². The first-order valence-corrected chi connectivity index (χ1v) is 19.2. The fourth-order valence-corrected chi connectivity index (χ4v) is 6.29. The van der Waals surface area contributed by atoms with Gasteiger partial charge in [0, 0.05) is 6.54 Å². The number of rotatable bonds is 11. The lowest BCUT2D eigenvalue weighted by molar-refractivity contribution is 0.0797. The van der Waals surface area contributed by atoms with Crippen molar-refractivity contribution in [2.75, 3.05) is 19.6 Å². The molecule has 3 heteroatoms. The van der Waals surface area contributed by atoms with Crippen molar-refractivity contribution in [2.24, 2.45) is 11.8 Å². The van der Waals surface area contributed by atoms with Crippen LogP contribution in [-0.2, 0) is 12.0 Å². The first-order valence-electron chi connectivity index (χ1n) is 19.2. The van der Waals surface area contributed by atoms with Crippen molar-refractivity contribution < 1.29 is 4.74 Å². The van der Waals surface area contributed by atoms with E-state index in [9.17, 15) is 0 Å². The zero-order valence-corrected chi connectivity index (χ0v) is 33.3. The minimum Gasteiger partial charge on any atom is -0.482 e. The lowest BCUT2D eigenvalue weighted by atomic mass is 9.82. The highest BCUT2D eigenvalue weighted by molar-refractivity contribution is 5.68. The van der Waals surface area contributed by atoms with Crippen molar-refractivity contribution in [1.29, 1.82) is 0 Å². The topological polar surface area (TPSA) is 33.3 Å². The van der Waals surface area contributed by atoms with Gasteiger partial charge in [0.25, 0.3) is 0 Å². The molecule has 0 radical (unpaired) electrons. The van der Waals surface area contributed by atoms with Crippen molar-refractivity contribution in [3.63, 3.8) is 0 Å². The van der Waals surface area contributed by atoms with Gasteiger partial charge in [-0.1, -0.05) is 93.1 Å². The van der Waals surface area contributed by atoms with E-state index in [1.165, 1.54) is 87.9 Å². The van der Waals surface area contributed by atoms with Gasteiger partial charge in [0.2, 0.25) is 0 Å². The number of hydrogen-bond acceptors (Lipinski definition) is 3. The highest BCUT2D eigenvalue weighted by Gasteiger charge is 2.30. The summed E-state index contributed by atoms with van der Waals surface area (Å²) < 4.78 is 6.72. The first kappa shape index (κ1) is 40.9. The minimum absolute atomic E-state index is 0.323. The zero-order chi connectivity index (χ0) is 36.8. The van der Waals surface area contributed by atoms with E-state index in [0.29, 0.717) is 0 Å². The van der Waals surface area contributed by atoms with Crippen molar-refractivity contribution in [3.8, 4) is 5.75 Å². The van der Waals surface area contributed by atoms with Gasteiger partial charge in [0.15, 0.2) is 0 Å². The third-order valence-electron chi connectivity index (χ3n) is 10.6. The summed E-state index contributed by atoms with van der Waals surface area (Å²) in [5, 5.41) is 6.63. The summed E-state index contributed by atoms with van der Waals surface area (Å²) in [6.45, 7) is 32.5. The summed E-state index contributed by atoms with van der Waals surface area (Å²) in [5.74, 6) is 2.77. The Morgan fingerprint density at radius 3 is 2.10 bits per heavy atom. The molecule has 0 aromatic heterocycles. The number of fused-ring (bicyclic) bond motifs is 1. The van der Waals surface area contributed by atoms with E-state index in [4.69, 9.17) is 4.74 Å². The lowest BCUT2D eigenvalue weighted by Gasteiger charge is -2.33. The van der Waals surface area contributed by atoms with Gasteiger partial charge in [-0.15, -0.1) is 6.58 Å². The number of aryl methyl sites for hydroxylation is 5. The summed E-state index contributed by atoms with van der Waals surface area (Å²) >= 11 is 0. The maximum Gasteiger partial charge on any atom is 0.131 e. The number of para-hydroxylation sites is 1. The SMILES string of the molecule is C1=C2CCC2CN1.C=C(C)CC.C=C(c1ccc(C)c(C)c1)C1CC1.CCNCCc1cccc(C)c1OC(C)(CC)c1ccc(C)cc1C. The van der Waals surface area contributed by atoms with E-state index in [1.807, 2.05) is 6.92 Å². The highest BCUT2D eigenvalue weighted by atomic mass is 16.5. The normalized spacial score (nSPS) is 16.6. The van der Waals surface area contributed by atoms with Gasteiger partial charge in [-0.25, -0.2) is 0 Å². The van der Waals surface area contributed by atoms with E-state index in [1.54, 1.807) is 5.57 Å². The predicted octanol–water partition coefficient (Wildman–Crippen LogP) is 12.1. The lowest BCUT2D eigenvalue weighted by Crippen LogP contribution is -2.30. The standard InChI is InChI=1S/C23H33NO.C13H16.C6H9N.C5H10/c1-7-23(6,21-13-12-17(3)16-19(21)5)25-22-18(4)10-9-11-20(22)14-15-24-8-2;1-9-4-5-13(8-10(9)2)11(3)12-6-7-12;1-2-6-4-7-3-5(1)6;1-4-5(2)3/h9-13,16,24H,7-8,14-15H2,1-6H3;4-5,8,12H,3,6-7H2,1-2H3;3,6-7H,1-2,4H2;2,4H2,1,3H3. The molecule has 0 saturated heterocycles. The van der Waals surface area contributed by atoms with Crippen molar-refractivity contribution in [2.45, 2.75) is 120 Å². The van der Waals surface area contributed by atoms with Crippen LogP contribution in [0.4, 0.5) is 0 Å². The summed E-state index contributed by atoms with van der Waals surface area (Å²) in [6, 6.07) is 19.8. The largest absolute Gasteiger partial charge is 0.482 e. The molecule has 0 spiro atoms. The molecule has 2 atom stereocenters. The molecule has 1 heterocycles. The van der Waals surface area contributed by atoms with Crippen LogP contribution < -0.4 is 15.4 Å². The molecule has 3 aromatic rings. The van der Waals surface area contributed by atoms with Gasteiger partial charge in [0.1, 0.15) is 11.4 Å². The second-order valence-electron chi connectivity index (χ2n) is 14.9. The molecule has 3 nitrogen and oxygen atoms in total. The Labute approximate surface area is 306 Å². The maximum atomic E-state index is 6.72. The van der Waals surface area contributed by atoms with E-state index in [0.717, 1.165) is 49.9 Å². The molecule has 3 aliphatic rings. The van der Waals surface area contributed by atoms with Crippen LogP contribution in [0.2, 0.25) is 0 Å². The van der Waals surface area contributed by atoms with Gasteiger partial charge in [-0.3, -0.25) is 0 Å². The molecule has 50 heavy (non-hydrogen) atoms. The van der Waals surface area contributed by atoms with Crippen molar-refractivity contribution >= 4 is 5.57 Å². The number of ether oxygens (including phenoxy) is 1. The molecular formula is C47H68N2O. The van der Waals surface area contributed by atoms with Crippen LogP contribution >= 0.6 is 0 Å². The van der Waals surface area contributed by atoms with E-state index >= 15 is 0 Å². The minimum atomic E-state index is -0.323. The average molecular weight is 677 g/mol. The predicted molar refractivity (Wildman–Crippen MR) is 219 cm³/mol. The third kappa shape index (κ3) is 12.0. The van der Waals surface area contributed by atoms with Crippen LogP contribution in [0.1, 0.15) is 118 Å². The number of benzene rings is 3. The Kier molecular flexibility index (Phi) is 16.1. The molecule has 3 aromatic carbocycles. The molecule has 2 fully saturated rings. The maximum absolute atomic E-state index is 6.72. The van der Waals surface area contributed by atoms with Gasteiger partial charge in [0.05, 0.1) is 0 Å². The smallest absolute Gasteiger partial charge is 0.131 e. The average Bonchev–Trinajstić information content (AvgIpc) is 3.88. The van der Waals surface area contributed by atoms with Gasteiger partial charge in [-0.2, -0.15) is 0 Å². The van der Waals surface area contributed by atoms with Gasteiger partial charge < -0.3 is 15.4 Å². The molecule has 2 aliphatic carbocycles. The van der Waals surface area contributed by atoms with Crippen LogP contribution in [0.25, 0.3) is 5.57 Å². The monoisotopic (exact) mass is 677 g/mol. The molecule has 272 valence electrons. The number of nitrogens with one attached hydrogen (secondary N) is 2. The van der Waals surface area contributed by atoms with Crippen LogP contribution in [0.3, 0.4) is 0 Å². The zero-order valence-electron chi connectivity index (χ0n) is 33.3. The Bertz CT molecular complexity index is 1590. The first-order chi connectivity index (χ1) is 23.8. The third-order valence-corrected chi connectivity index (χ3v) is 10.6. The van der Waals surface area contributed by atoms with Gasteiger partial charge in [-0.05, 0) is 175 Å². The number of hydrogen-bond donors (Lipinski definition) is 2. The second-order valence-corrected chi connectivity index (χ2v) is 14.9. The summed E-state index contributed by atoms with van der Waals surface area (Å²) in [7, 11) is 0. The van der Waals surface area contributed by atoms with E-state index < -0.39 is 0 Å². The van der Waals surface area contributed by atoms with Crippen LogP contribution in [0.15, 0.2) is 85.1 Å². The van der Waals surface area contributed by atoms with Crippen LogP contribution in [0, 0.1) is 46.5 Å². The summed E-state index contributed by atoms with van der Waals surface area (Å²) in [6.07, 6.45) is 10.7. The summed E-state index contributed by atoms with van der Waals surface area (Å²) in [4.78, 5) is 0. The molecule has 0 bridgehead atoms. The number of likely N-dealkylation sites (N-methyl/N-ethyl adjacent to an activating group) is 1. The fourth-order valence-electron chi connectivity index (χ4n) is 6.29. The molecule has 2 unspecified atom stereocenters. The fraction of sp³-hybridized carbons (Fsp3) is 0.489. The Hall–Kier alpha value is -3.56. The molecule has 6 rings (SSSR count). The highest BCUT2D eigenvalue weighted by Crippen LogP contribution is 2.41. The van der Waals surface area contributed by atoms with Crippen molar-refractivity contribution in [1.82, 2.24) is 10.6 Å². The molecular weight excluding hydrogens is 609 g/mol. The molecule has 1 aliphatic heterocycles.